The number of thioether (sulfide) groups is 1. The fourth-order valence-corrected chi connectivity index (χ4v) is 2.84. The van der Waals surface area contributed by atoms with Crippen molar-refractivity contribution in [1.82, 2.24) is 14.8 Å². The maximum Gasteiger partial charge on any atom is 0.344 e. The van der Waals surface area contributed by atoms with E-state index in [4.69, 9.17) is 0 Å². The highest BCUT2D eigenvalue weighted by molar-refractivity contribution is 7.99. The zero-order chi connectivity index (χ0) is 11.4. The van der Waals surface area contributed by atoms with Crippen molar-refractivity contribution >= 4 is 24.4 Å². The summed E-state index contributed by atoms with van der Waals surface area (Å²) in [6.45, 7) is 0. The molecule has 2 rings (SSSR count). The molecule has 1 saturated carbocycles. The topological polar surface area (TPSA) is 50.7 Å². The van der Waals surface area contributed by atoms with Gasteiger partial charge in [-0.1, -0.05) is 18.2 Å². The molecule has 0 amide bonds. The van der Waals surface area contributed by atoms with Crippen LogP contribution in [0.4, 0.5) is 0 Å². The van der Waals surface area contributed by atoms with Crippen molar-refractivity contribution in [3.63, 3.8) is 0 Å². The Labute approximate surface area is 105 Å². The van der Waals surface area contributed by atoms with Gasteiger partial charge in [-0.2, -0.15) is 12.6 Å². The standard InChI is InChI=1S/C10H17N3OS2/c14-9-11-12-10(13(9)8-4-5-8)16-7-3-1-2-6-15/h8,15H,1-7H2,(H,11,14). The maximum absolute atomic E-state index is 11.5. The summed E-state index contributed by atoms with van der Waals surface area (Å²) in [6, 6.07) is 0.409. The highest BCUT2D eigenvalue weighted by atomic mass is 32.2. The van der Waals surface area contributed by atoms with E-state index >= 15 is 0 Å². The van der Waals surface area contributed by atoms with Crippen LogP contribution in [-0.4, -0.2) is 26.3 Å². The molecule has 90 valence electrons. The Morgan fingerprint density at radius 1 is 1.44 bits per heavy atom. The van der Waals surface area contributed by atoms with Crippen molar-refractivity contribution in [1.29, 1.82) is 0 Å². The van der Waals surface area contributed by atoms with Gasteiger partial charge in [0.1, 0.15) is 0 Å². The van der Waals surface area contributed by atoms with Crippen LogP contribution in [0.5, 0.6) is 0 Å². The van der Waals surface area contributed by atoms with Gasteiger partial charge < -0.3 is 0 Å². The van der Waals surface area contributed by atoms with Gasteiger partial charge in [0.05, 0.1) is 0 Å². The molecule has 0 aliphatic heterocycles. The molecule has 1 aromatic rings. The molecule has 0 unspecified atom stereocenters. The molecule has 0 atom stereocenters. The Morgan fingerprint density at radius 2 is 2.25 bits per heavy atom. The van der Waals surface area contributed by atoms with Crippen molar-refractivity contribution in [3.8, 4) is 0 Å². The smallest absolute Gasteiger partial charge is 0.267 e. The molecule has 1 heterocycles. The molecule has 1 aliphatic carbocycles. The molecule has 0 spiro atoms. The second-order valence-corrected chi connectivity index (χ2v) is 5.55. The van der Waals surface area contributed by atoms with Gasteiger partial charge in [-0.05, 0) is 31.4 Å². The van der Waals surface area contributed by atoms with Gasteiger partial charge in [0, 0.05) is 11.8 Å². The summed E-state index contributed by atoms with van der Waals surface area (Å²) < 4.78 is 1.81. The Kier molecular flexibility index (Phi) is 4.40. The monoisotopic (exact) mass is 259 g/mol. The third-order valence-corrected chi connectivity index (χ3v) is 3.97. The van der Waals surface area contributed by atoms with Crippen LogP contribution in [0.3, 0.4) is 0 Å². The lowest BCUT2D eigenvalue weighted by molar-refractivity contribution is 0.642. The fourth-order valence-electron chi connectivity index (χ4n) is 1.60. The number of H-pyrrole nitrogens is 1. The third-order valence-electron chi connectivity index (χ3n) is 2.62. The lowest BCUT2D eigenvalue weighted by atomic mass is 10.3. The van der Waals surface area contributed by atoms with E-state index in [1.807, 2.05) is 4.57 Å². The zero-order valence-corrected chi connectivity index (χ0v) is 10.9. The first kappa shape index (κ1) is 12.1. The molecule has 0 bridgehead atoms. The molecular formula is C10H17N3OS2. The second-order valence-electron chi connectivity index (χ2n) is 4.05. The van der Waals surface area contributed by atoms with Crippen molar-refractivity contribution in [2.45, 2.75) is 43.3 Å². The van der Waals surface area contributed by atoms with Gasteiger partial charge >= 0.3 is 5.69 Å². The van der Waals surface area contributed by atoms with Gasteiger partial charge in [0.15, 0.2) is 5.16 Å². The number of aromatic nitrogens is 3. The first-order valence-corrected chi connectivity index (χ1v) is 7.35. The normalized spacial score (nSPS) is 15.6. The minimum absolute atomic E-state index is 0.0552. The van der Waals surface area contributed by atoms with Crippen molar-refractivity contribution in [3.05, 3.63) is 10.5 Å². The van der Waals surface area contributed by atoms with Gasteiger partial charge in [0.25, 0.3) is 0 Å². The number of hydrogen-bond acceptors (Lipinski definition) is 4. The number of aromatic amines is 1. The number of rotatable bonds is 7. The second kappa shape index (κ2) is 5.82. The molecule has 6 heteroatoms. The van der Waals surface area contributed by atoms with Crippen LogP contribution in [0.1, 0.15) is 38.1 Å². The van der Waals surface area contributed by atoms with Gasteiger partial charge in [-0.15, -0.1) is 5.10 Å². The van der Waals surface area contributed by atoms with Crippen LogP contribution in [0.25, 0.3) is 0 Å². The molecule has 1 fully saturated rings. The average molecular weight is 259 g/mol. The average Bonchev–Trinajstić information content (AvgIpc) is 3.04. The van der Waals surface area contributed by atoms with Gasteiger partial charge in [-0.3, -0.25) is 4.57 Å². The molecule has 0 radical (unpaired) electrons. The van der Waals surface area contributed by atoms with Crippen LogP contribution >= 0.6 is 24.4 Å². The highest BCUT2D eigenvalue weighted by Gasteiger charge is 2.28. The molecule has 1 aromatic heterocycles. The molecule has 4 nitrogen and oxygen atoms in total. The predicted octanol–water partition coefficient (Wildman–Crippen LogP) is 2.10. The highest BCUT2D eigenvalue weighted by Crippen LogP contribution is 2.36. The van der Waals surface area contributed by atoms with Crippen LogP contribution in [0.2, 0.25) is 0 Å². The molecule has 1 aliphatic rings. The van der Waals surface area contributed by atoms with Crippen LogP contribution in [0.15, 0.2) is 9.95 Å². The number of nitrogens with one attached hydrogen (secondary N) is 1. The van der Waals surface area contributed by atoms with E-state index in [9.17, 15) is 4.79 Å². The van der Waals surface area contributed by atoms with Crippen LogP contribution in [-0.2, 0) is 0 Å². The minimum Gasteiger partial charge on any atom is -0.267 e. The molecule has 0 saturated heterocycles. The summed E-state index contributed by atoms with van der Waals surface area (Å²) >= 11 is 5.86. The Balaban J connectivity index is 1.82. The molecular weight excluding hydrogens is 242 g/mol. The van der Waals surface area contributed by atoms with E-state index in [0.717, 1.165) is 35.9 Å². The summed E-state index contributed by atoms with van der Waals surface area (Å²) in [4.78, 5) is 11.5. The largest absolute Gasteiger partial charge is 0.344 e. The SMILES string of the molecule is O=c1[nH]nc(SCCCCCS)n1C1CC1. The summed E-state index contributed by atoms with van der Waals surface area (Å²) in [5.41, 5.74) is -0.0552. The first-order valence-electron chi connectivity index (χ1n) is 5.73. The summed E-state index contributed by atoms with van der Waals surface area (Å²) in [5, 5.41) is 7.46. The summed E-state index contributed by atoms with van der Waals surface area (Å²) in [5.74, 6) is 1.99. The van der Waals surface area contributed by atoms with Crippen molar-refractivity contribution in [2.24, 2.45) is 0 Å². The third kappa shape index (κ3) is 3.07. The number of hydrogen-bond donors (Lipinski definition) is 2. The number of unbranched alkanes of at least 4 members (excludes halogenated alkanes) is 2. The van der Waals surface area contributed by atoms with E-state index in [1.54, 1.807) is 11.8 Å². The Hall–Kier alpha value is -0.360. The Morgan fingerprint density at radius 3 is 2.94 bits per heavy atom. The summed E-state index contributed by atoms with van der Waals surface area (Å²) in [7, 11) is 0. The first-order chi connectivity index (χ1) is 7.83. The van der Waals surface area contributed by atoms with Crippen LogP contribution < -0.4 is 5.69 Å². The fraction of sp³-hybridized carbons (Fsp3) is 0.800. The Bertz CT molecular complexity index is 384. The molecule has 0 aromatic carbocycles. The van der Waals surface area contributed by atoms with E-state index < -0.39 is 0 Å². The van der Waals surface area contributed by atoms with Crippen LogP contribution in [0, 0.1) is 0 Å². The van der Waals surface area contributed by atoms with E-state index in [2.05, 4.69) is 22.8 Å². The van der Waals surface area contributed by atoms with Crippen molar-refractivity contribution in [2.75, 3.05) is 11.5 Å². The van der Waals surface area contributed by atoms with Crippen molar-refractivity contribution < 1.29 is 0 Å². The molecule has 1 N–H and O–H groups in total. The lowest BCUT2D eigenvalue weighted by Crippen LogP contribution is -2.16. The quantitative estimate of drug-likeness (QED) is 0.448. The number of nitrogens with zero attached hydrogens (tertiary/aromatic N) is 2. The predicted molar refractivity (Wildman–Crippen MR) is 69.5 cm³/mol. The minimum atomic E-state index is -0.0552. The lowest BCUT2D eigenvalue weighted by Gasteiger charge is -2.02. The van der Waals surface area contributed by atoms with E-state index in [-0.39, 0.29) is 5.69 Å². The number of thiol groups is 1. The van der Waals surface area contributed by atoms with Gasteiger partial charge in [-0.25, -0.2) is 9.89 Å². The maximum atomic E-state index is 11.5. The van der Waals surface area contributed by atoms with E-state index in [0.29, 0.717) is 6.04 Å². The zero-order valence-electron chi connectivity index (χ0n) is 9.19. The van der Waals surface area contributed by atoms with Gasteiger partial charge in [0.2, 0.25) is 0 Å². The van der Waals surface area contributed by atoms with E-state index in [1.165, 1.54) is 12.8 Å². The molecule has 16 heavy (non-hydrogen) atoms. The summed E-state index contributed by atoms with van der Waals surface area (Å²) in [6.07, 6.45) is 5.77.